The number of amides is 1. The Kier molecular flexibility index (Phi) is 3.62. The highest BCUT2D eigenvalue weighted by Gasteiger charge is 2.20. The summed E-state index contributed by atoms with van der Waals surface area (Å²) in [5, 5.41) is 32.1. The minimum Gasteiger partial charge on any atom is -0.504 e. The number of aromatic carboxylic acids is 1. The number of thiophene rings is 1. The van der Waals surface area contributed by atoms with E-state index in [9.17, 15) is 19.8 Å². The molecule has 2 rings (SSSR count). The van der Waals surface area contributed by atoms with Gasteiger partial charge < -0.3 is 20.6 Å². The minimum absolute atomic E-state index is 0.00972. The molecule has 0 aliphatic heterocycles. The van der Waals surface area contributed by atoms with Crippen LogP contribution in [0.1, 0.15) is 25.6 Å². The number of nitrogens with one attached hydrogen (secondary N) is 1. The molecule has 0 radical (unpaired) electrons. The number of anilines is 1. The van der Waals surface area contributed by atoms with Crippen LogP contribution in [0, 0.1) is 6.92 Å². The van der Waals surface area contributed by atoms with Crippen LogP contribution in [0.5, 0.6) is 11.5 Å². The first kappa shape index (κ1) is 13.9. The zero-order chi connectivity index (χ0) is 14.9. The fraction of sp³-hybridized carbons (Fsp3) is 0.0769. The lowest BCUT2D eigenvalue weighted by atomic mass is 10.1. The molecule has 0 saturated carbocycles. The predicted molar refractivity (Wildman–Crippen MR) is 73.7 cm³/mol. The third-order valence-electron chi connectivity index (χ3n) is 2.67. The first-order valence-corrected chi connectivity index (χ1v) is 6.43. The van der Waals surface area contributed by atoms with Gasteiger partial charge in [0.05, 0.1) is 11.3 Å². The number of hydrogen-bond acceptors (Lipinski definition) is 5. The highest BCUT2D eigenvalue weighted by Crippen LogP contribution is 2.31. The van der Waals surface area contributed by atoms with Crippen LogP contribution in [0.3, 0.4) is 0 Å². The summed E-state index contributed by atoms with van der Waals surface area (Å²) in [6, 6.07) is 3.97. The molecule has 0 saturated heterocycles. The zero-order valence-corrected chi connectivity index (χ0v) is 11.2. The maximum Gasteiger partial charge on any atom is 0.348 e. The maximum atomic E-state index is 12.0. The van der Waals surface area contributed by atoms with E-state index in [0.29, 0.717) is 5.56 Å². The Labute approximate surface area is 117 Å². The molecule has 1 aromatic heterocycles. The molecule has 20 heavy (non-hydrogen) atoms. The molecule has 0 fully saturated rings. The monoisotopic (exact) mass is 293 g/mol. The molecule has 1 aromatic carbocycles. The second-order valence-electron chi connectivity index (χ2n) is 4.06. The number of aromatic hydroxyl groups is 2. The van der Waals surface area contributed by atoms with E-state index in [1.54, 1.807) is 12.3 Å². The van der Waals surface area contributed by atoms with Crippen molar-refractivity contribution in [2.24, 2.45) is 0 Å². The van der Waals surface area contributed by atoms with Gasteiger partial charge in [-0.05, 0) is 30.0 Å². The van der Waals surface area contributed by atoms with E-state index >= 15 is 0 Å². The van der Waals surface area contributed by atoms with E-state index in [4.69, 9.17) is 5.11 Å². The summed E-state index contributed by atoms with van der Waals surface area (Å²) < 4.78 is 0. The second kappa shape index (κ2) is 5.22. The van der Waals surface area contributed by atoms with Gasteiger partial charge in [-0.2, -0.15) is 0 Å². The lowest BCUT2D eigenvalue weighted by Gasteiger charge is -2.08. The van der Waals surface area contributed by atoms with Gasteiger partial charge in [-0.15, -0.1) is 11.3 Å². The molecule has 0 spiro atoms. The summed E-state index contributed by atoms with van der Waals surface area (Å²) in [6.07, 6.45) is 0. The number of carboxylic acid groups (broad SMARTS) is 1. The van der Waals surface area contributed by atoms with Crippen LogP contribution in [-0.2, 0) is 0 Å². The van der Waals surface area contributed by atoms with Crippen LogP contribution in [0.4, 0.5) is 5.69 Å². The van der Waals surface area contributed by atoms with Gasteiger partial charge in [-0.3, -0.25) is 4.79 Å². The smallest absolute Gasteiger partial charge is 0.348 e. The summed E-state index contributed by atoms with van der Waals surface area (Å²) in [6.45, 7) is 1.67. The maximum absolute atomic E-state index is 12.0. The third kappa shape index (κ3) is 2.43. The van der Waals surface area contributed by atoms with Crippen molar-refractivity contribution >= 4 is 28.9 Å². The Morgan fingerprint density at radius 2 is 1.95 bits per heavy atom. The van der Waals surface area contributed by atoms with Crippen molar-refractivity contribution in [1.82, 2.24) is 0 Å². The number of hydrogen-bond donors (Lipinski definition) is 4. The quantitative estimate of drug-likeness (QED) is 0.650. The fourth-order valence-corrected chi connectivity index (χ4v) is 2.50. The number of rotatable bonds is 3. The number of carbonyl (C=O) groups excluding carboxylic acids is 1. The SMILES string of the molecule is Cc1csc(C(=O)O)c1NC(=O)c1cccc(O)c1O. The summed E-state index contributed by atoms with van der Waals surface area (Å²) >= 11 is 1.00. The summed E-state index contributed by atoms with van der Waals surface area (Å²) in [7, 11) is 0. The Hall–Kier alpha value is -2.54. The van der Waals surface area contributed by atoms with Crippen LogP contribution >= 0.6 is 11.3 Å². The second-order valence-corrected chi connectivity index (χ2v) is 4.94. The number of aryl methyl sites for hydroxylation is 1. The van der Waals surface area contributed by atoms with Gasteiger partial charge in [-0.25, -0.2) is 4.79 Å². The minimum atomic E-state index is -1.14. The Bertz CT molecular complexity index is 692. The van der Waals surface area contributed by atoms with Crippen molar-refractivity contribution in [3.63, 3.8) is 0 Å². The molecule has 7 heteroatoms. The first-order valence-electron chi connectivity index (χ1n) is 5.55. The molecule has 0 bridgehead atoms. The average molecular weight is 293 g/mol. The molecule has 104 valence electrons. The van der Waals surface area contributed by atoms with Crippen molar-refractivity contribution in [2.75, 3.05) is 5.32 Å². The number of para-hydroxylation sites is 1. The number of carbonyl (C=O) groups is 2. The zero-order valence-electron chi connectivity index (χ0n) is 10.4. The number of phenols is 2. The van der Waals surface area contributed by atoms with E-state index in [-0.39, 0.29) is 16.1 Å². The largest absolute Gasteiger partial charge is 0.504 e. The lowest BCUT2D eigenvalue weighted by molar-refractivity contribution is 0.0703. The van der Waals surface area contributed by atoms with Gasteiger partial charge in [0, 0.05) is 0 Å². The lowest BCUT2D eigenvalue weighted by Crippen LogP contribution is -2.14. The fourth-order valence-electron chi connectivity index (χ4n) is 1.65. The Balaban J connectivity index is 2.35. The molecule has 2 aromatic rings. The van der Waals surface area contributed by atoms with Gasteiger partial charge in [0.25, 0.3) is 5.91 Å². The molecule has 1 heterocycles. The third-order valence-corrected chi connectivity index (χ3v) is 3.75. The van der Waals surface area contributed by atoms with E-state index in [1.807, 2.05) is 0 Å². The number of benzene rings is 1. The Morgan fingerprint density at radius 3 is 2.60 bits per heavy atom. The van der Waals surface area contributed by atoms with Gasteiger partial charge in [-0.1, -0.05) is 6.07 Å². The molecular formula is C13H11NO5S. The topological polar surface area (TPSA) is 107 Å². The van der Waals surface area contributed by atoms with Crippen molar-refractivity contribution < 1.29 is 24.9 Å². The van der Waals surface area contributed by atoms with Gasteiger partial charge >= 0.3 is 5.97 Å². The van der Waals surface area contributed by atoms with Crippen LogP contribution in [-0.4, -0.2) is 27.2 Å². The average Bonchev–Trinajstić information content (AvgIpc) is 2.74. The Morgan fingerprint density at radius 1 is 1.25 bits per heavy atom. The van der Waals surface area contributed by atoms with Crippen LogP contribution in [0.25, 0.3) is 0 Å². The van der Waals surface area contributed by atoms with Crippen molar-refractivity contribution in [2.45, 2.75) is 6.92 Å². The molecule has 0 aliphatic carbocycles. The molecule has 4 N–H and O–H groups in total. The van der Waals surface area contributed by atoms with Crippen molar-refractivity contribution in [3.05, 3.63) is 39.6 Å². The number of phenolic OH excluding ortho intramolecular Hbond substituents is 2. The molecule has 6 nitrogen and oxygen atoms in total. The highest BCUT2D eigenvalue weighted by atomic mass is 32.1. The molecule has 0 unspecified atom stereocenters. The standard InChI is InChI=1S/C13H11NO5S/c1-6-5-20-11(13(18)19)9(6)14-12(17)7-3-2-4-8(15)10(7)16/h2-5,15-16H,1H3,(H,14,17)(H,18,19). The van der Waals surface area contributed by atoms with E-state index in [0.717, 1.165) is 11.3 Å². The van der Waals surface area contributed by atoms with Gasteiger partial charge in [0.15, 0.2) is 11.5 Å². The molecule has 0 aliphatic rings. The van der Waals surface area contributed by atoms with E-state index in [2.05, 4.69) is 5.32 Å². The first-order chi connectivity index (χ1) is 9.41. The van der Waals surface area contributed by atoms with E-state index in [1.165, 1.54) is 18.2 Å². The van der Waals surface area contributed by atoms with Crippen LogP contribution in [0.15, 0.2) is 23.6 Å². The molecular weight excluding hydrogens is 282 g/mol. The summed E-state index contributed by atoms with van der Waals surface area (Å²) in [5.41, 5.74) is 0.669. The normalized spacial score (nSPS) is 10.2. The predicted octanol–water partition coefficient (Wildman–Crippen LogP) is 2.42. The van der Waals surface area contributed by atoms with Crippen molar-refractivity contribution in [1.29, 1.82) is 0 Å². The summed E-state index contributed by atoms with van der Waals surface area (Å²) in [5.74, 6) is -2.80. The van der Waals surface area contributed by atoms with Crippen LogP contribution in [0.2, 0.25) is 0 Å². The van der Waals surface area contributed by atoms with Gasteiger partial charge in [0.2, 0.25) is 0 Å². The number of carboxylic acids is 1. The highest BCUT2D eigenvalue weighted by molar-refractivity contribution is 7.12. The summed E-state index contributed by atoms with van der Waals surface area (Å²) in [4.78, 5) is 23.1. The van der Waals surface area contributed by atoms with Gasteiger partial charge in [0.1, 0.15) is 4.88 Å². The van der Waals surface area contributed by atoms with Crippen molar-refractivity contribution in [3.8, 4) is 11.5 Å². The van der Waals surface area contributed by atoms with Crippen LogP contribution < -0.4 is 5.32 Å². The molecule has 0 atom stereocenters. The molecule has 1 amide bonds. The van der Waals surface area contributed by atoms with E-state index < -0.39 is 23.4 Å².